The number of methoxy groups -OCH3 is 1. The fourth-order valence-corrected chi connectivity index (χ4v) is 3.33. The fourth-order valence-electron chi connectivity index (χ4n) is 3.33. The number of benzene rings is 2. The van der Waals surface area contributed by atoms with Crippen LogP contribution in [0.3, 0.4) is 0 Å². The van der Waals surface area contributed by atoms with E-state index in [0.29, 0.717) is 17.3 Å². The summed E-state index contributed by atoms with van der Waals surface area (Å²) in [6, 6.07) is 14.5. The van der Waals surface area contributed by atoms with Crippen LogP contribution < -0.4 is 10.1 Å². The summed E-state index contributed by atoms with van der Waals surface area (Å²) in [4.78, 5) is 9.54. The lowest BCUT2D eigenvalue weighted by Crippen LogP contribution is -2.02. The van der Waals surface area contributed by atoms with Crippen LogP contribution in [0.5, 0.6) is 5.75 Å². The molecule has 156 valence electrons. The second-order valence-electron chi connectivity index (χ2n) is 6.75. The molecule has 4 rings (SSSR count). The average Bonchev–Trinajstić information content (AvgIpc) is 3.05. The van der Waals surface area contributed by atoms with Gasteiger partial charge in [0.1, 0.15) is 11.0 Å². The van der Waals surface area contributed by atoms with Crippen LogP contribution in [0.2, 0.25) is 0 Å². The van der Waals surface area contributed by atoms with Gasteiger partial charge in [-0.05, 0) is 18.6 Å². The predicted molar refractivity (Wildman–Crippen MR) is 119 cm³/mol. The minimum Gasteiger partial charge on any atom is -0.494 e. The van der Waals surface area contributed by atoms with Crippen LogP contribution >= 0.6 is 12.4 Å². The molecule has 0 aliphatic rings. The second kappa shape index (κ2) is 9.09. The monoisotopic (exact) mass is 427 g/mol. The number of aromatic nitrogens is 4. The Hall–Kier alpha value is -3.19. The number of nitrogens with one attached hydrogen (secondary N) is 1. The van der Waals surface area contributed by atoms with Crippen LogP contribution in [0.25, 0.3) is 22.4 Å². The number of ether oxygens (including phenoxy) is 1. The number of hydrogen-bond acceptors (Lipinski definition) is 5. The van der Waals surface area contributed by atoms with Crippen LogP contribution in [0.1, 0.15) is 19.0 Å². The SMILES string of the molecule is CCCc1nn(C)c2c(Nc3ccc(OC)c(F)c3)nc(-c3ccccc3)nc12.Cl. The van der Waals surface area contributed by atoms with Crippen molar-refractivity contribution in [3.63, 3.8) is 0 Å². The Morgan fingerprint density at radius 1 is 1.10 bits per heavy atom. The third-order valence-corrected chi connectivity index (χ3v) is 4.69. The quantitative estimate of drug-likeness (QED) is 0.452. The number of fused-ring (bicyclic) bond motifs is 1. The lowest BCUT2D eigenvalue weighted by molar-refractivity contribution is 0.386. The first-order valence-electron chi connectivity index (χ1n) is 9.50. The molecule has 2 aromatic heterocycles. The molecule has 2 heterocycles. The van der Waals surface area contributed by atoms with Crippen LogP contribution in [-0.4, -0.2) is 26.9 Å². The molecule has 0 aliphatic heterocycles. The van der Waals surface area contributed by atoms with Crippen LogP contribution in [0.15, 0.2) is 48.5 Å². The molecule has 0 fully saturated rings. The first-order chi connectivity index (χ1) is 14.1. The first kappa shape index (κ1) is 21.5. The summed E-state index contributed by atoms with van der Waals surface area (Å²) in [6.07, 6.45) is 1.78. The van der Waals surface area contributed by atoms with Gasteiger partial charge in [0.15, 0.2) is 23.2 Å². The van der Waals surface area contributed by atoms with E-state index in [1.807, 2.05) is 37.4 Å². The van der Waals surface area contributed by atoms with Crippen molar-refractivity contribution < 1.29 is 9.13 Å². The normalized spacial score (nSPS) is 10.7. The van der Waals surface area contributed by atoms with Crippen molar-refractivity contribution in [3.8, 4) is 17.1 Å². The molecule has 0 saturated carbocycles. The van der Waals surface area contributed by atoms with Crippen LogP contribution in [-0.2, 0) is 13.5 Å². The molecule has 0 spiro atoms. The van der Waals surface area contributed by atoms with E-state index in [9.17, 15) is 4.39 Å². The van der Waals surface area contributed by atoms with Gasteiger partial charge in [0.2, 0.25) is 0 Å². The van der Waals surface area contributed by atoms with Gasteiger partial charge in [0.05, 0.1) is 12.8 Å². The van der Waals surface area contributed by atoms with E-state index in [4.69, 9.17) is 14.7 Å². The summed E-state index contributed by atoms with van der Waals surface area (Å²) in [7, 11) is 3.31. The van der Waals surface area contributed by atoms with Crippen molar-refractivity contribution in [2.75, 3.05) is 12.4 Å². The highest BCUT2D eigenvalue weighted by molar-refractivity contribution is 5.91. The zero-order valence-electron chi connectivity index (χ0n) is 17.0. The fraction of sp³-hybridized carbons (Fsp3) is 0.227. The summed E-state index contributed by atoms with van der Waals surface area (Å²) in [5.74, 6) is 0.928. The molecular formula is C22H23ClFN5O. The third kappa shape index (κ3) is 4.07. The van der Waals surface area contributed by atoms with Gasteiger partial charge in [-0.2, -0.15) is 5.10 Å². The molecule has 30 heavy (non-hydrogen) atoms. The summed E-state index contributed by atoms with van der Waals surface area (Å²) < 4.78 is 21.0. The Morgan fingerprint density at radius 3 is 2.53 bits per heavy atom. The van der Waals surface area contributed by atoms with Gasteiger partial charge in [-0.25, -0.2) is 14.4 Å². The van der Waals surface area contributed by atoms with Gasteiger partial charge in [0, 0.05) is 24.4 Å². The summed E-state index contributed by atoms with van der Waals surface area (Å²) in [5, 5.41) is 7.88. The van der Waals surface area contributed by atoms with Crippen molar-refractivity contribution >= 4 is 34.9 Å². The van der Waals surface area contributed by atoms with E-state index < -0.39 is 5.82 Å². The number of aryl methyl sites for hydroxylation is 2. The Bertz CT molecular complexity index is 1160. The first-order valence-corrected chi connectivity index (χ1v) is 9.50. The molecule has 0 bridgehead atoms. The molecule has 0 unspecified atom stereocenters. The summed E-state index contributed by atoms with van der Waals surface area (Å²) in [6.45, 7) is 2.11. The van der Waals surface area contributed by atoms with Crippen molar-refractivity contribution in [1.29, 1.82) is 0 Å². The van der Waals surface area contributed by atoms with E-state index in [0.717, 1.165) is 35.1 Å². The van der Waals surface area contributed by atoms with Gasteiger partial charge >= 0.3 is 0 Å². The molecular weight excluding hydrogens is 405 g/mol. The Kier molecular flexibility index (Phi) is 6.52. The second-order valence-corrected chi connectivity index (χ2v) is 6.75. The molecule has 0 amide bonds. The molecule has 0 aliphatic carbocycles. The largest absolute Gasteiger partial charge is 0.494 e. The maximum Gasteiger partial charge on any atom is 0.167 e. The molecule has 0 atom stereocenters. The number of anilines is 2. The van der Waals surface area contributed by atoms with Gasteiger partial charge in [-0.3, -0.25) is 4.68 Å². The average molecular weight is 428 g/mol. The summed E-state index contributed by atoms with van der Waals surface area (Å²) in [5.41, 5.74) is 3.99. The molecule has 2 aromatic carbocycles. The number of halogens is 2. The maximum atomic E-state index is 14.2. The summed E-state index contributed by atoms with van der Waals surface area (Å²) >= 11 is 0. The van der Waals surface area contributed by atoms with Gasteiger partial charge in [-0.15, -0.1) is 12.4 Å². The van der Waals surface area contributed by atoms with Crippen molar-refractivity contribution in [2.24, 2.45) is 7.05 Å². The Morgan fingerprint density at radius 2 is 1.87 bits per heavy atom. The Labute approximate surface area is 180 Å². The minimum absolute atomic E-state index is 0. The number of nitrogens with zero attached hydrogens (tertiary/aromatic N) is 4. The molecule has 6 nitrogen and oxygen atoms in total. The maximum absolute atomic E-state index is 14.2. The van der Waals surface area contributed by atoms with Gasteiger partial charge in [0.25, 0.3) is 0 Å². The zero-order chi connectivity index (χ0) is 20.4. The van der Waals surface area contributed by atoms with Gasteiger partial charge < -0.3 is 10.1 Å². The topological polar surface area (TPSA) is 64.9 Å². The van der Waals surface area contributed by atoms with E-state index >= 15 is 0 Å². The smallest absolute Gasteiger partial charge is 0.167 e. The van der Waals surface area contributed by atoms with E-state index in [1.165, 1.54) is 13.2 Å². The lowest BCUT2D eigenvalue weighted by atomic mass is 10.2. The molecule has 1 N–H and O–H groups in total. The minimum atomic E-state index is -0.442. The third-order valence-electron chi connectivity index (χ3n) is 4.69. The van der Waals surface area contributed by atoms with E-state index in [-0.39, 0.29) is 18.2 Å². The predicted octanol–water partition coefficient (Wildman–Crippen LogP) is 5.30. The highest BCUT2D eigenvalue weighted by atomic mass is 35.5. The molecule has 0 radical (unpaired) electrons. The van der Waals surface area contributed by atoms with Crippen molar-refractivity contribution in [2.45, 2.75) is 19.8 Å². The number of hydrogen-bond donors (Lipinski definition) is 1. The van der Waals surface area contributed by atoms with Crippen LogP contribution in [0.4, 0.5) is 15.9 Å². The zero-order valence-corrected chi connectivity index (χ0v) is 17.8. The van der Waals surface area contributed by atoms with Gasteiger partial charge in [-0.1, -0.05) is 43.7 Å². The lowest BCUT2D eigenvalue weighted by Gasteiger charge is -2.11. The standard InChI is InChI=1S/C22H22FN5O.ClH/c1-4-8-17-19-20(28(2)27-17)22(24-15-11-12-18(29-3)16(23)13-15)26-21(25-19)14-9-6-5-7-10-14;/h5-7,9-13H,4,8H2,1-3H3,(H,24,25,26);1H. The molecule has 8 heteroatoms. The molecule has 4 aromatic rings. The van der Waals surface area contributed by atoms with Crippen LogP contribution in [0, 0.1) is 5.82 Å². The molecule has 0 saturated heterocycles. The van der Waals surface area contributed by atoms with Crippen molar-refractivity contribution in [1.82, 2.24) is 19.7 Å². The van der Waals surface area contributed by atoms with Crippen molar-refractivity contribution in [3.05, 3.63) is 60.0 Å². The highest BCUT2D eigenvalue weighted by Crippen LogP contribution is 2.30. The van der Waals surface area contributed by atoms with E-state index in [2.05, 4.69) is 17.3 Å². The Balaban J connectivity index is 0.00000256. The number of rotatable bonds is 6. The highest BCUT2D eigenvalue weighted by Gasteiger charge is 2.18. The van der Waals surface area contributed by atoms with E-state index in [1.54, 1.807) is 16.8 Å².